The zero-order valence-electron chi connectivity index (χ0n) is 14.1. The molecule has 2 aromatic carbocycles. The highest BCUT2D eigenvalue weighted by atomic mass is 16.5. The second-order valence-electron chi connectivity index (χ2n) is 5.64. The van der Waals surface area contributed by atoms with Crippen LogP contribution in [0.1, 0.15) is 47.0 Å². The Hall–Kier alpha value is -3.48. The summed E-state index contributed by atoms with van der Waals surface area (Å²) in [6.45, 7) is -0.0822. The van der Waals surface area contributed by atoms with E-state index in [2.05, 4.69) is 9.47 Å². The van der Waals surface area contributed by atoms with Gasteiger partial charge in [-0.05, 0) is 35.9 Å². The highest BCUT2D eigenvalue weighted by Gasteiger charge is 2.35. The SMILES string of the molecule is COC(=O)c1cc(CN2C(=O)c3ccccc3C2=O)cc(C(=O)OC)c1. The third kappa shape index (κ3) is 2.95. The van der Waals surface area contributed by atoms with Crippen molar-refractivity contribution in [3.63, 3.8) is 0 Å². The van der Waals surface area contributed by atoms with E-state index >= 15 is 0 Å². The Labute approximate surface area is 149 Å². The lowest BCUT2D eigenvalue weighted by molar-refractivity contribution is 0.0597. The van der Waals surface area contributed by atoms with Crippen LogP contribution < -0.4 is 0 Å². The van der Waals surface area contributed by atoms with E-state index in [-0.39, 0.29) is 17.7 Å². The summed E-state index contributed by atoms with van der Waals surface area (Å²) >= 11 is 0. The third-order valence-electron chi connectivity index (χ3n) is 4.05. The first-order valence-corrected chi connectivity index (χ1v) is 7.72. The first-order chi connectivity index (χ1) is 12.5. The Bertz CT molecular complexity index is 864. The smallest absolute Gasteiger partial charge is 0.337 e. The summed E-state index contributed by atoms with van der Waals surface area (Å²) in [6.07, 6.45) is 0. The molecule has 7 heteroatoms. The Balaban J connectivity index is 1.97. The summed E-state index contributed by atoms with van der Waals surface area (Å²) < 4.78 is 9.37. The Kier molecular flexibility index (Phi) is 4.53. The molecule has 3 rings (SSSR count). The predicted octanol–water partition coefficient (Wildman–Crippen LogP) is 2.06. The quantitative estimate of drug-likeness (QED) is 0.617. The van der Waals surface area contributed by atoms with Crippen molar-refractivity contribution in [1.29, 1.82) is 0 Å². The maximum atomic E-state index is 12.5. The molecule has 0 spiro atoms. The number of nitrogens with zero attached hydrogens (tertiary/aromatic N) is 1. The number of hydrogen-bond acceptors (Lipinski definition) is 6. The minimum Gasteiger partial charge on any atom is -0.465 e. The molecule has 0 unspecified atom stereocenters. The number of fused-ring (bicyclic) bond motifs is 1. The summed E-state index contributed by atoms with van der Waals surface area (Å²) in [5, 5.41) is 0. The summed E-state index contributed by atoms with van der Waals surface area (Å²) in [5.74, 6) is -2.12. The Morgan fingerprint density at radius 3 is 1.73 bits per heavy atom. The first-order valence-electron chi connectivity index (χ1n) is 7.72. The van der Waals surface area contributed by atoms with Gasteiger partial charge < -0.3 is 9.47 Å². The lowest BCUT2D eigenvalue weighted by atomic mass is 10.0. The molecule has 0 saturated carbocycles. The fraction of sp³-hybridized carbons (Fsp3) is 0.158. The molecule has 0 atom stereocenters. The minimum absolute atomic E-state index is 0.0822. The van der Waals surface area contributed by atoms with Crippen molar-refractivity contribution in [2.24, 2.45) is 0 Å². The Morgan fingerprint density at radius 2 is 1.31 bits per heavy atom. The van der Waals surface area contributed by atoms with Crippen LogP contribution in [0.4, 0.5) is 0 Å². The third-order valence-corrected chi connectivity index (χ3v) is 4.05. The average Bonchev–Trinajstić information content (AvgIpc) is 2.91. The zero-order chi connectivity index (χ0) is 18.8. The standard InChI is InChI=1S/C19H15NO6/c1-25-18(23)12-7-11(8-13(9-12)19(24)26-2)10-20-16(21)14-5-3-4-6-15(14)17(20)22/h3-9H,10H2,1-2H3. The molecule has 2 aromatic rings. The Morgan fingerprint density at radius 1 is 0.846 bits per heavy atom. The molecule has 0 bridgehead atoms. The van der Waals surface area contributed by atoms with Gasteiger partial charge >= 0.3 is 11.9 Å². The van der Waals surface area contributed by atoms with Gasteiger partial charge in [-0.15, -0.1) is 0 Å². The lowest BCUT2D eigenvalue weighted by Crippen LogP contribution is -2.29. The number of esters is 2. The van der Waals surface area contributed by atoms with Crippen LogP contribution in [0.3, 0.4) is 0 Å². The molecular formula is C19H15NO6. The number of ether oxygens (including phenoxy) is 2. The van der Waals surface area contributed by atoms with Gasteiger partial charge in [0.1, 0.15) is 0 Å². The summed E-state index contributed by atoms with van der Waals surface area (Å²) in [7, 11) is 2.44. The number of rotatable bonds is 4. The summed E-state index contributed by atoms with van der Waals surface area (Å²) in [4.78, 5) is 49.7. The highest BCUT2D eigenvalue weighted by molar-refractivity contribution is 6.21. The molecule has 2 amide bonds. The van der Waals surface area contributed by atoms with Crippen molar-refractivity contribution in [3.05, 3.63) is 70.3 Å². The van der Waals surface area contributed by atoms with Crippen molar-refractivity contribution in [2.45, 2.75) is 6.54 Å². The van der Waals surface area contributed by atoms with Gasteiger partial charge in [-0.3, -0.25) is 14.5 Å². The number of carbonyl (C=O) groups excluding carboxylic acids is 4. The van der Waals surface area contributed by atoms with Crippen molar-refractivity contribution < 1.29 is 28.7 Å². The summed E-state index contributed by atoms with van der Waals surface area (Å²) in [5.41, 5.74) is 1.34. The second kappa shape index (κ2) is 6.79. The van der Waals surface area contributed by atoms with Gasteiger partial charge in [-0.2, -0.15) is 0 Å². The van der Waals surface area contributed by atoms with E-state index in [9.17, 15) is 19.2 Å². The van der Waals surface area contributed by atoms with E-state index in [1.54, 1.807) is 24.3 Å². The predicted molar refractivity (Wildman–Crippen MR) is 89.8 cm³/mol. The molecule has 1 aliphatic heterocycles. The van der Waals surface area contributed by atoms with Gasteiger partial charge in [-0.25, -0.2) is 9.59 Å². The van der Waals surface area contributed by atoms with Crippen LogP contribution >= 0.6 is 0 Å². The number of benzene rings is 2. The highest BCUT2D eigenvalue weighted by Crippen LogP contribution is 2.25. The first kappa shape index (κ1) is 17.3. The van der Waals surface area contributed by atoms with Crippen LogP contribution in [0.25, 0.3) is 0 Å². The van der Waals surface area contributed by atoms with Crippen LogP contribution in [0.5, 0.6) is 0 Å². The van der Waals surface area contributed by atoms with E-state index in [1.165, 1.54) is 32.4 Å². The van der Waals surface area contributed by atoms with Crippen molar-refractivity contribution in [3.8, 4) is 0 Å². The molecule has 0 aliphatic carbocycles. The maximum absolute atomic E-state index is 12.5. The molecule has 7 nitrogen and oxygen atoms in total. The number of methoxy groups -OCH3 is 2. The van der Waals surface area contributed by atoms with Crippen LogP contribution in [0.15, 0.2) is 42.5 Å². The summed E-state index contributed by atoms with van der Waals surface area (Å²) in [6, 6.07) is 10.8. The second-order valence-corrected chi connectivity index (χ2v) is 5.64. The maximum Gasteiger partial charge on any atom is 0.337 e. The number of amides is 2. The monoisotopic (exact) mass is 353 g/mol. The van der Waals surface area contributed by atoms with Gasteiger partial charge in [0, 0.05) is 0 Å². The molecular weight excluding hydrogens is 338 g/mol. The van der Waals surface area contributed by atoms with E-state index in [0.717, 1.165) is 4.90 Å². The average molecular weight is 353 g/mol. The molecule has 26 heavy (non-hydrogen) atoms. The van der Waals surface area contributed by atoms with Gasteiger partial charge in [-0.1, -0.05) is 12.1 Å². The minimum atomic E-state index is -0.639. The number of carbonyl (C=O) groups is 4. The molecule has 0 aromatic heterocycles. The molecule has 1 aliphatic rings. The number of imide groups is 1. The van der Waals surface area contributed by atoms with Crippen molar-refractivity contribution in [1.82, 2.24) is 4.90 Å². The van der Waals surface area contributed by atoms with Crippen LogP contribution in [-0.2, 0) is 16.0 Å². The van der Waals surface area contributed by atoms with E-state index < -0.39 is 23.8 Å². The zero-order valence-corrected chi connectivity index (χ0v) is 14.1. The molecule has 1 heterocycles. The van der Waals surface area contributed by atoms with Crippen molar-refractivity contribution >= 4 is 23.8 Å². The van der Waals surface area contributed by atoms with E-state index in [1.807, 2.05) is 0 Å². The van der Waals surface area contributed by atoms with Crippen LogP contribution in [0, 0.1) is 0 Å². The van der Waals surface area contributed by atoms with E-state index in [0.29, 0.717) is 16.7 Å². The van der Waals surface area contributed by atoms with E-state index in [4.69, 9.17) is 0 Å². The van der Waals surface area contributed by atoms with Gasteiger partial charge in [0.05, 0.1) is 43.0 Å². The fourth-order valence-corrected chi connectivity index (χ4v) is 2.82. The van der Waals surface area contributed by atoms with Crippen LogP contribution in [0.2, 0.25) is 0 Å². The molecule has 0 radical (unpaired) electrons. The molecule has 132 valence electrons. The topological polar surface area (TPSA) is 90.0 Å². The van der Waals surface area contributed by atoms with Gasteiger partial charge in [0.25, 0.3) is 11.8 Å². The fourth-order valence-electron chi connectivity index (χ4n) is 2.82. The van der Waals surface area contributed by atoms with Crippen molar-refractivity contribution in [2.75, 3.05) is 14.2 Å². The largest absolute Gasteiger partial charge is 0.465 e. The molecule has 0 N–H and O–H groups in total. The lowest BCUT2D eigenvalue weighted by Gasteiger charge is -2.15. The molecule has 0 saturated heterocycles. The van der Waals surface area contributed by atoms with Crippen LogP contribution in [-0.4, -0.2) is 42.9 Å². The van der Waals surface area contributed by atoms with Gasteiger partial charge in [0.2, 0.25) is 0 Å². The van der Waals surface area contributed by atoms with Gasteiger partial charge in [0.15, 0.2) is 0 Å². The normalized spacial score (nSPS) is 12.8. The number of hydrogen-bond donors (Lipinski definition) is 0. The molecule has 0 fully saturated rings.